The van der Waals surface area contributed by atoms with Gasteiger partial charge in [-0.25, -0.2) is 8.78 Å². The van der Waals surface area contributed by atoms with Gasteiger partial charge in [0.15, 0.2) is 0 Å². The summed E-state index contributed by atoms with van der Waals surface area (Å²) < 4.78 is 27.0. The molecule has 0 aliphatic carbocycles. The second-order valence-corrected chi connectivity index (χ2v) is 5.26. The summed E-state index contributed by atoms with van der Waals surface area (Å²) in [4.78, 5) is 13.8. The maximum Gasteiger partial charge on any atom is 0.227 e. The molecule has 0 aromatic heterocycles. The van der Waals surface area contributed by atoms with Gasteiger partial charge >= 0.3 is 0 Å². The van der Waals surface area contributed by atoms with Crippen LogP contribution in [0.25, 0.3) is 0 Å². The number of amides is 1. The molecule has 0 bridgehead atoms. The summed E-state index contributed by atoms with van der Waals surface area (Å²) in [7, 11) is 1.92. The molecular weight excluding hydrogens is 262 g/mol. The summed E-state index contributed by atoms with van der Waals surface area (Å²) in [5, 5.41) is 3.13. The van der Waals surface area contributed by atoms with Crippen molar-refractivity contribution in [2.75, 3.05) is 26.7 Å². The number of nitrogens with zero attached hydrogens (tertiary/aromatic N) is 1. The molecule has 1 aromatic rings. The van der Waals surface area contributed by atoms with Gasteiger partial charge in [0, 0.05) is 18.7 Å². The minimum Gasteiger partial charge on any atom is -0.342 e. The normalized spacial score (nSPS) is 16.4. The van der Waals surface area contributed by atoms with E-state index in [9.17, 15) is 13.6 Å². The predicted octanol–water partition coefficient (Wildman–Crippen LogP) is 1.97. The molecule has 0 saturated carbocycles. The molecule has 5 heteroatoms. The van der Waals surface area contributed by atoms with E-state index >= 15 is 0 Å². The average molecular weight is 282 g/mol. The first-order chi connectivity index (χ1) is 9.61. The number of halogens is 2. The fourth-order valence-corrected chi connectivity index (χ4v) is 2.64. The number of hydrogen-bond acceptors (Lipinski definition) is 2. The Kier molecular flexibility index (Phi) is 5.06. The fraction of sp³-hybridized carbons (Fsp3) is 0.533. The van der Waals surface area contributed by atoms with E-state index < -0.39 is 11.6 Å². The van der Waals surface area contributed by atoms with Gasteiger partial charge in [0.2, 0.25) is 5.91 Å². The van der Waals surface area contributed by atoms with Gasteiger partial charge in [-0.3, -0.25) is 4.79 Å². The Bertz CT molecular complexity index is 451. The van der Waals surface area contributed by atoms with E-state index in [0.717, 1.165) is 19.4 Å². The number of carbonyl (C=O) groups is 1. The Morgan fingerprint density at radius 1 is 1.30 bits per heavy atom. The molecule has 110 valence electrons. The second-order valence-electron chi connectivity index (χ2n) is 5.26. The van der Waals surface area contributed by atoms with Gasteiger partial charge in [-0.05, 0) is 44.5 Å². The molecule has 1 N–H and O–H groups in total. The number of carbonyl (C=O) groups excluding carboxylic acids is 1. The maximum absolute atomic E-state index is 13.5. The van der Waals surface area contributed by atoms with Crippen LogP contribution in [0.15, 0.2) is 18.2 Å². The van der Waals surface area contributed by atoms with Crippen LogP contribution in [0, 0.1) is 17.6 Å². The zero-order valence-corrected chi connectivity index (χ0v) is 11.7. The van der Waals surface area contributed by atoms with Crippen molar-refractivity contribution < 1.29 is 13.6 Å². The highest BCUT2D eigenvalue weighted by Gasteiger charge is 2.23. The first-order valence-electron chi connectivity index (χ1n) is 6.97. The topological polar surface area (TPSA) is 32.3 Å². The van der Waals surface area contributed by atoms with E-state index in [1.165, 1.54) is 18.2 Å². The number of rotatable bonds is 4. The summed E-state index contributed by atoms with van der Waals surface area (Å²) in [6.45, 7) is 2.28. The van der Waals surface area contributed by atoms with Crippen molar-refractivity contribution in [2.24, 2.45) is 5.92 Å². The molecule has 0 spiro atoms. The first kappa shape index (κ1) is 14.9. The summed E-state index contributed by atoms with van der Waals surface area (Å²) in [6, 6.07) is 3.68. The highest BCUT2D eigenvalue weighted by Crippen LogP contribution is 2.19. The van der Waals surface area contributed by atoms with E-state index in [0.29, 0.717) is 19.0 Å². The summed E-state index contributed by atoms with van der Waals surface area (Å²) in [5.41, 5.74) is -0.130. The molecule has 1 aromatic carbocycles. The molecule has 1 fully saturated rings. The van der Waals surface area contributed by atoms with Crippen LogP contribution in [-0.4, -0.2) is 37.5 Å². The molecular formula is C15H20F2N2O. The Morgan fingerprint density at radius 3 is 2.45 bits per heavy atom. The lowest BCUT2D eigenvalue weighted by molar-refractivity contribution is -0.131. The summed E-state index contributed by atoms with van der Waals surface area (Å²) in [6.07, 6.45) is 1.67. The van der Waals surface area contributed by atoms with Gasteiger partial charge in [-0.1, -0.05) is 6.07 Å². The maximum atomic E-state index is 13.5. The molecule has 2 rings (SSSR count). The molecule has 20 heavy (non-hydrogen) atoms. The van der Waals surface area contributed by atoms with Gasteiger partial charge in [0.25, 0.3) is 0 Å². The van der Waals surface area contributed by atoms with Gasteiger partial charge in [0.05, 0.1) is 6.42 Å². The van der Waals surface area contributed by atoms with Crippen molar-refractivity contribution in [3.05, 3.63) is 35.4 Å². The third-order valence-corrected chi connectivity index (χ3v) is 3.85. The van der Waals surface area contributed by atoms with Crippen LogP contribution >= 0.6 is 0 Å². The Morgan fingerprint density at radius 2 is 1.90 bits per heavy atom. The monoisotopic (exact) mass is 282 g/mol. The molecule has 1 saturated heterocycles. The van der Waals surface area contributed by atoms with Crippen LogP contribution in [0.5, 0.6) is 0 Å². The molecule has 1 aliphatic rings. The Hall–Kier alpha value is -1.49. The number of nitrogens with one attached hydrogen (secondary N) is 1. The highest BCUT2D eigenvalue weighted by molar-refractivity contribution is 5.79. The number of hydrogen-bond donors (Lipinski definition) is 1. The van der Waals surface area contributed by atoms with Gasteiger partial charge in [0.1, 0.15) is 11.6 Å². The van der Waals surface area contributed by atoms with Crippen molar-refractivity contribution in [2.45, 2.75) is 19.3 Å². The zero-order chi connectivity index (χ0) is 14.5. The lowest BCUT2D eigenvalue weighted by Crippen LogP contribution is -2.41. The number of likely N-dealkylation sites (tertiary alicyclic amines) is 1. The van der Waals surface area contributed by atoms with E-state index in [-0.39, 0.29) is 17.9 Å². The standard InChI is InChI=1S/C15H20F2N2O/c1-18-10-11-5-7-19(8-6-11)15(20)9-12-13(16)3-2-4-14(12)17/h2-4,11,18H,5-10H2,1H3. The number of piperidine rings is 1. The van der Waals surface area contributed by atoms with Crippen molar-refractivity contribution in [1.29, 1.82) is 0 Å². The fourth-order valence-electron chi connectivity index (χ4n) is 2.64. The highest BCUT2D eigenvalue weighted by atomic mass is 19.1. The lowest BCUT2D eigenvalue weighted by atomic mass is 9.96. The van der Waals surface area contributed by atoms with Crippen molar-refractivity contribution >= 4 is 5.91 Å². The molecule has 1 amide bonds. The third kappa shape index (κ3) is 3.54. The van der Waals surface area contributed by atoms with Crippen LogP contribution in [-0.2, 0) is 11.2 Å². The summed E-state index contributed by atoms with van der Waals surface area (Å²) in [5.74, 6) is -0.919. The Labute approximate surface area is 118 Å². The van der Waals surface area contributed by atoms with Crippen LogP contribution in [0.1, 0.15) is 18.4 Å². The quantitative estimate of drug-likeness (QED) is 0.915. The molecule has 1 heterocycles. The summed E-state index contributed by atoms with van der Waals surface area (Å²) >= 11 is 0. The van der Waals surface area contributed by atoms with Gasteiger partial charge in [-0.15, -0.1) is 0 Å². The van der Waals surface area contributed by atoms with Gasteiger partial charge in [-0.2, -0.15) is 0 Å². The lowest BCUT2D eigenvalue weighted by Gasteiger charge is -2.32. The SMILES string of the molecule is CNCC1CCN(C(=O)Cc2c(F)cccc2F)CC1. The van der Waals surface area contributed by atoms with E-state index in [1.54, 1.807) is 4.90 Å². The van der Waals surface area contributed by atoms with Crippen LogP contribution in [0.2, 0.25) is 0 Å². The molecule has 0 atom stereocenters. The van der Waals surface area contributed by atoms with Crippen LogP contribution in [0.3, 0.4) is 0 Å². The van der Waals surface area contributed by atoms with E-state index in [2.05, 4.69) is 5.32 Å². The largest absolute Gasteiger partial charge is 0.342 e. The Balaban J connectivity index is 1.93. The van der Waals surface area contributed by atoms with Gasteiger partial charge < -0.3 is 10.2 Å². The van der Waals surface area contributed by atoms with E-state index in [1.807, 2.05) is 7.05 Å². The predicted molar refractivity (Wildman–Crippen MR) is 73.3 cm³/mol. The van der Waals surface area contributed by atoms with Crippen molar-refractivity contribution in [1.82, 2.24) is 10.2 Å². The minimum atomic E-state index is -0.650. The molecule has 3 nitrogen and oxygen atoms in total. The second kappa shape index (κ2) is 6.79. The first-order valence-corrected chi connectivity index (χ1v) is 6.97. The smallest absolute Gasteiger partial charge is 0.227 e. The van der Waals surface area contributed by atoms with Crippen LogP contribution in [0.4, 0.5) is 8.78 Å². The van der Waals surface area contributed by atoms with E-state index in [4.69, 9.17) is 0 Å². The van der Waals surface area contributed by atoms with Crippen molar-refractivity contribution in [3.8, 4) is 0 Å². The average Bonchev–Trinajstić information content (AvgIpc) is 2.44. The third-order valence-electron chi connectivity index (χ3n) is 3.85. The minimum absolute atomic E-state index is 0.130. The zero-order valence-electron chi connectivity index (χ0n) is 11.7. The number of benzene rings is 1. The van der Waals surface area contributed by atoms with Crippen molar-refractivity contribution in [3.63, 3.8) is 0 Å². The molecule has 0 unspecified atom stereocenters. The molecule has 0 radical (unpaired) electrons. The van der Waals surface area contributed by atoms with Crippen LogP contribution < -0.4 is 5.32 Å². The molecule has 1 aliphatic heterocycles.